The van der Waals surface area contributed by atoms with Crippen LogP contribution in [0.3, 0.4) is 0 Å². The number of benzene rings is 1. The maximum atomic E-state index is 6.10. The minimum absolute atomic E-state index is 0.229. The lowest BCUT2D eigenvalue weighted by atomic mass is 9.95. The summed E-state index contributed by atoms with van der Waals surface area (Å²) >= 11 is 0. The molecule has 0 saturated carbocycles. The van der Waals surface area contributed by atoms with E-state index < -0.39 is 0 Å². The lowest BCUT2D eigenvalue weighted by Gasteiger charge is -2.32. The van der Waals surface area contributed by atoms with Crippen molar-refractivity contribution in [3.63, 3.8) is 0 Å². The molecule has 0 aliphatic carbocycles. The lowest BCUT2D eigenvalue weighted by Crippen LogP contribution is -2.35. The summed E-state index contributed by atoms with van der Waals surface area (Å²) in [7, 11) is 1.81. The standard InChI is InChI=1S/C18H23N7/c1-10(2)25-7-6-11-4-5-12(8-13(11)9-25)15-14-16(19)23-24(3)17(14)22-18(20)21-15/h4-5,8,10H,6-7,9H2,1-3H3,(H2,19,23)(H2,20,21,22). The van der Waals surface area contributed by atoms with Gasteiger partial charge in [0.15, 0.2) is 11.5 Å². The number of hydrogen-bond donors (Lipinski definition) is 2. The summed E-state index contributed by atoms with van der Waals surface area (Å²) < 4.78 is 1.64. The molecule has 0 saturated heterocycles. The maximum Gasteiger partial charge on any atom is 0.222 e. The quantitative estimate of drug-likeness (QED) is 0.742. The van der Waals surface area contributed by atoms with Gasteiger partial charge in [-0.05, 0) is 37.5 Å². The van der Waals surface area contributed by atoms with Gasteiger partial charge in [-0.15, -0.1) is 0 Å². The van der Waals surface area contributed by atoms with E-state index in [1.807, 2.05) is 7.05 Å². The van der Waals surface area contributed by atoms with Crippen LogP contribution in [0.1, 0.15) is 25.0 Å². The minimum atomic E-state index is 0.229. The highest BCUT2D eigenvalue weighted by Gasteiger charge is 2.21. The van der Waals surface area contributed by atoms with Crippen molar-refractivity contribution in [1.82, 2.24) is 24.6 Å². The first kappa shape index (κ1) is 15.8. The normalized spacial score (nSPS) is 15.0. The monoisotopic (exact) mass is 337 g/mol. The average molecular weight is 337 g/mol. The molecule has 0 radical (unpaired) electrons. The van der Waals surface area contributed by atoms with E-state index in [-0.39, 0.29) is 5.95 Å². The largest absolute Gasteiger partial charge is 0.382 e. The van der Waals surface area contributed by atoms with Crippen molar-refractivity contribution >= 4 is 22.8 Å². The summed E-state index contributed by atoms with van der Waals surface area (Å²) in [6.45, 7) is 6.52. The van der Waals surface area contributed by atoms with Crippen LogP contribution in [-0.2, 0) is 20.0 Å². The molecule has 25 heavy (non-hydrogen) atoms. The Labute approximate surface area is 146 Å². The summed E-state index contributed by atoms with van der Waals surface area (Å²) in [4.78, 5) is 11.2. The highest BCUT2D eigenvalue weighted by Crippen LogP contribution is 2.33. The molecule has 0 fully saturated rings. The Morgan fingerprint density at radius 1 is 1.12 bits per heavy atom. The molecular weight excluding hydrogens is 314 g/mol. The van der Waals surface area contributed by atoms with Crippen LogP contribution in [0.15, 0.2) is 18.2 Å². The molecule has 1 aromatic carbocycles. The topological polar surface area (TPSA) is 98.9 Å². The van der Waals surface area contributed by atoms with Crippen molar-refractivity contribution in [3.8, 4) is 11.3 Å². The van der Waals surface area contributed by atoms with E-state index in [2.05, 4.69) is 52.0 Å². The molecule has 0 bridgehead atoms. The number of rotatable bonds is 2. The third-order valence-electron chi connectivity index (χ3n) is 4.98. The molecule has 1 aliphatic rings. The summed E-state index contributed by atoms with van der Waals surface area (Å²) in [5.41, 5.74) is 17.2. The Balaban J connectivity index is 1.86. The Bertz CT molecular complexity index is 958. The summed E-state index contributed by atoms with van der Waals surface area (Å²) in [6, 6.07) is 7.03. The minimum Gasteiger partial charge on any atom is -0.382 e. The highest BCUT2D eigenvalue weighted by atomic mass is 15.3. The van der Waals surface area contributed by atoms with Gasteiger partial charge in [0.25, 0.3) is 0 Å². The molecule has 4 N–H and O–H groups in total. The fraction of sp³-hybridized carbons (Fsp3) is 0.389. The summed E-state index contributed by atoms with van der Waals surface area (Å²) in [5, 5.41) is 5.03. The number of fused-ring (bicyclic) bond motifs is 2. The van der Waals surface area contributed by atoms with Gasteiger partial charge in [0.1, 0.15) is 0 Å². The smallest absolute Gasteiger partial charge is 0.222 e. The molecule has 0 unspecified atom stereocenters. The molecule has 7 nitrogen and oxygen atoms in total. The van der Waals surface area contributed by atoms with Crippen molar-refractivity contribution in [2.24, 2.45) is 7.05 Å². The Hall–Kier alpha value is -2.67. The average Bonchev–Trinajstić information content (AvgIpc) is 2.87. The molecule has 3 heterocycles. The molecule has 0 atom stereocenters. The molecule has 130 valence electrons. The first-order valence-corrected chi connectivity index (χ1v) is 8.56. The predicted molar refractivity (Wildman–Crippen MR) is 99.8 cm³/mol. The van der Waals surface area contributed by atoms with E-state index in [0.717, 1.165) is 36.2 Å². The van der Waals surface area contributed by atoms with Crippen LogP contribution in [0.2, 0.25) is 0 Å². The molecule has 4 rings (SSSR count). The first-order chi connectivity index (χ1) is 11.9. The third kappa shape index (κ3) is 2.60. The van der Waals surface area contributed by atoms with E-state index in [1.165, 1.54) is 11.1 Å². The molecule has 1 aliphatic heterocycles. The van der Waals surface area contributed by atoms with Crippen molar-refractivity contribution in [2.45, 2.75) is 32.9 Å². The second-order valence-corrected chi connectivity index (χ2v) is 6.94. The molecule has 7 heteroatoms. The van der Waals surface area contributed by atoms with Crippen LogP contribution in [0.25, 0.3) is 22.3 Å². The van der Waals surface area contributed by atoms with Crippen LogP contribution in [0.4, 0.5) is 11.8 Å². The van der Waals surface area contributed by atoms with Gasteiger partial charge in [-0.3, -0.25) is 4.90 Å². The summed E-state index contributed by atoms with van der Waals surface area (Å²) in [5.74, 6) is 0.654. The Kier molecular flexibility index (Phi) is 3.61. The number of aromatic nitrogens is 4. The zero-order chi connectivity index (χ0) is 17.7. The predicted octanol–water partition coefficient (Wildman–Crippen LogP) is 1.96. The van der Waals surface area contributed by atoms with Gasteiger partial charge >= 0.3 is 0 Å². The summed E-state index contributed by atoms with van der Waals surface area (Å²) in [6.07, 6.45) is 1.07. The third-order valence-corrected chi connectivity index (χ3v) is 4.98. The van der Waals surface area contributed by atoms with Crippen molar-refractivity contribution < 1.29 is 0 Å². The molecule has 3 aromatic rings. The number of nitrogens with two attached hydrogens (primary N) is 2. The van der Waals surface area contributed by atoms with E-state index in [9.17, 15) is 0 Å². The van der Waals surface area contributed by atoms with Crippen LogP contribution in [0.5, 0.6) is 0 Å². The highest BCUT2D eigenvalue weighted by molar-refractivity contribution is 5.98. The van der Waals surface area contributed by atoms with E-state index in [1.54, 1.807) is 4.68 Å². The molecule has 0 spiro atoms. The van der Waals surface area contributed by atoms with Gasteiger partial charge in [0.2, 0.25) is 5.95 Å². The number of aryl methyl sites for hydroxylation is 1. The van der Waals surface area contributed by atoms with E-state index in [4.69, 9.17) is 11.5 Å². The Morgan fingerprint density at radius 3 is 2.68 bits per heavy atom. The van der Waals surface area contributed by atoms with Crippen molar-refractivity contribution in [2.75, 3.05) is 18.0 Å². The van der Waals surface area contributed by atoms with Crippen molar-refractivity contribution in [1.29, 1.82) is 0 Å². The van der Waals surface area contributed by atoms with Gasteiger partial charge in [-0.25, -0.2) is 9.67 Å². The van der Waals surface area contributed by atoms with Gasteiger partial charge in [-0.1, -0.05) is 12.1 Å². The van der Waals surface area contributed by atoms with Crippen LogP contribution in [-0.4, -0.2) is 37.2 Å². The van der Waals surface area contributed by atoms with E-state index in [0.29, 0.717) is 17.5 Å². The van der Waals surface area contributed by atoms with E-state index >= 15 is 0 Å². The lowest BCUT2D eigenvalue weighted by molar-refractivity contribution is 0.203. The van der Waals surface area contributed by atoms with Crippen LogP contribution < -0.4 is 11.5 Å². The zero-order valence-electron chi connectivity index (χ0n) is 14.8. The molecule has 0 amide bonds. The van der Waals surface area contributed by atoms with Gasteiger partial charge in [0.05, 0.1) is 11.1 Å². The fourth-order valence-electron chi connectivity index (χ4n) is 3.57. The van der Waals surface area contributed by atoms with Crippen LogP contribution in [0, 0.1) is 0 Å². The number of hydrogen-bond acceptors (Lipinski definition) is 6. The second kappa shape index (κ2) is 5.70. The fourth-order valence-corrected chi connectivity index (χ4v) is 3.57. The molecular formula is C18H23N7. The van der Waals surface area contributed by atoms with Gasteiger partial charge < -0.3 is 11.5 Å². The Morgan fingerprint density at radius 2 is 1.92 bits per heavy atom. The SMILES string of the molecule is CC(C)N1CCc2ccc(-c3nc(N)nc4c3c(N)nn4C)cc2C1. The second-order valence-electron chi connectivity index (χ2n) is 6.94. The number of nitrogen functional groups attached to an aromatic ring is 2. The maximum absolute atomic E-state index is 6.10. The van der Waals surface area contributed by atoms with Crippen LogP contribution >= 0.6 is 0 Å². The van der Waals surface area contributed by atoms with Gasteiger partial charge in [-0.2, -0.15) is 10.1 Å². The zero-order valence-corrected chi connectivity index (χ0v) is 14.8. The molecule has 2 aromatic heterocycles. The number of anilines is 2. The first-order valence-electron chi connectivity index (χ1n) is 8.56. The van der Waals surface area contributed by atoms with Crippen molar-refractivity contribution in [3.05, 3.63) is 29.3 Å². The van der Waals surface area contributed by atoms with Gasteiger partial charge in [0, 0.05) is 31.7 Å². The number of nitrogens with zero attached hydrogens (tertiary/aromatic N) is 5.